The number of guanidine groups is 1. The fourth-order valence-electron chi connectivity index (χ4n) is 2.71. The van der Waals surface area contributed by atoms with Gasteiger partial charge in [-0.3, -0.25) is 4.99 Å². The summed E-state index contributed by atoms with van der Waals surface area (Å²) in [5, 5.41) is 6.84. The molecule has 0 amide bonds. The molecule has 1 unspecified atom stereocenters. The van der Waals surface area contributed by atoms with Gasteiger partial charge in [-0.2, -0.15) is 0 Å². The summed E-state index contributed by atoms with van der Waals surface area (Å²) >= 11 is 0. The van der Waals surface area contributed by atoms with Crippen LogP contribution in [0.15, 0.2) is 59.6 Å². The molecule has 25 heavy (non-hydrogen) atoms. The van der Waals surface area contributed by atoms with Crippen LogP contribution >= 0.6 is 0 Å². The fourth-order valence-corrected chi connectivity index (χ4v) is 2.71. The van der Waals surface area contributed by atoms with Crippen molar-refractivity contribution in [2.24, 2.45) is 4.99 Å². The number of benzene rings is 2. The maximum absolute atomic E-state index is 5.19. The van der Waals surface area contributed by atoms with Crippen LogP contribution in [0.4, 0.5) is 0 Å². The number of nitrogens with one attached hydrogen (secondary N) is 2. The Bertz CT molecular complexity index is 655. The van der Waals surface area contributed by atoms with Crippen LogP contribution in [0.3, 0.4) is 0 Å². The van der Waals surface area contributed by atoms with E-state index < -0.39 is 0 Å². The van der Waals surface area contributed by atoms with Gasteiger partial charge in [0.1, 0.15) is 0 Å². The molecule has 0 aromatic heterocycles. The van der Waals surface area contributed by atoms with Crippen molar-refractivity contribution in [2.75, 3.05) is 14.2 Å². The first-order chi connectivity index (χ1) is 12.2. The number of methoxy groups -OCH3 is 1. The van der Waals surface area contributed by atoms with Gasteiger partial charge < -0.3 is 15.4 Å². The number of nitrogens with zero attached hydrogens (tertiary/aromatic N) is 1. The molecule has 2 rings (SSSR count). The molecule has 4 nitrogen and oxygen atoms in total. The van der Waals surface area contributed by atoms with Gasteiger partial charge in [-0.1, -0.05) is 54.6 Å². The minimum absolute atomic E-state index is 0.353. The van der Waals surface area contributed by atoms with E-state index in [9.17, 15) is 0 Å². The average molecular weight is 339 g/mol. The number of hydrogen-bond acceptors (Lipinski definition) is 2. The van der Waals surface area contributed by atoms with Crippen molar-refractivity contribution in [2.45, 2.75) is 39.0 Å². The van der Waals surface area contributed by atoms with E-state index in [4.69, 9.17) is 4.74 Å². The maximum Gasteiger partial charge on any atom is 0.191 e. The number of aliphatic imine (C=N–C) groups is 1. The highest BCUT2D eigenvalue weighted by atomic mass is 16.5. The predicted molar refractivity (Wildman–Crippen MR) is 105 cm³/mol. The van der Waals surface area contributed by atoms with E-state index in [2.05, 4.69) is 77.1 Å². The Kier molecular flexibility index (Phi) is 7.99. The van der Waals surface area contributed by atoms with Crippen LogP contribution in [0, 0.1) is 0 Å². The zero-order chi connectivity index (χ0) is 17.9. The third-order valence-corrected chi connectivity index (χ3v) is 4.08. The molecular formula is C21H29N3O. The minimum atomic E-state index is 0.353. The first-order valence-corrected chi connectivity index (χ1v) is 8.79. The molecule has 0 saturated heterocycles. The summed E-state index contributed by atoms with van der Waals surface area (Å²) in [7, 11) is 3.52. The fraction of sp³-hybridized carbons (Fsp3) is 0.381. The Labute approximate surface area is 151 Å². The maximum atomic E-state index is 5.19. The molecule has 0 spiro atoms. The van der Waals surface area contributed by atoms with Crippen LogP contribution < -0.4 is 10.6 Å². The second-order valence-electron chi connectivity index (χ2n) is 6.25. The summed E-state index contributed by atoms with van der Waals surface area (Å²) in [6, 6.07) is 19.3. The number of ether oxygens (including phenoxy) is 1. The Balaban J connectivity index is 1.79. The Morgan fingerprint density at radius 1 is 1.04 bits per heavy atom. The van der Waals surface area contributed by atoms with Crippen molar-refractivity contribution in [3.05, 3.63) is 71.3 Å². The van der Waals surface area contributed by atoms with Crippen LogP contribution in [0.5, 0.6) is 0 Å². The standard InChI is InChI=1S/C21H29N3O/c1-17(12-13-18-8-5-4-6-9-18)24-21(22-2)23-15-19-10-7-11-20(14-19)16-25-3/h4-11,14,17H,12-13,15-16H2,1-3H3,(H2,22,23,24). The third-order valence-electron chi connectivity index (χ3n) is 4.08. The second-order valence-corrected chi connectivity index (χ2v) is 6.25. The summed E-state index contributed by atoms with van der Waals surface area (Å²) in [4.78, 5) is 4.33. The first kappa shape index (κ1) is 19.0. The van der Waals surface area contributed by atoms with Gasteiger partial charge in [-0.05, 0) is 36.5 Å². The summed E-state index contributed by atoms with van der Waals surface area (Å²) in [6.45, 7) is 3.56. The van der Waals surface area contributed by atoms with Gasteiger partial charge in [0, 0.05) is 26.7 Å². The molecule has 0 saturated carbocycles. The topological polar surface area (TPSA) is 45.7 Å². The van der Waals surface area contributed by atoms with Gasteiger partial charge in [-0.25, -0.2) is 0 Å². The summed E-state index contributed by atoms with van der Waals surface area (Å²) < 4.78 is 5.19. The van der Waals surface area contributed by atoms with E-state index in [1.807, 2.05) is 0 Å². The van der Waals surface area contributed by atoms with E-state index in [-0.39, 0.29) is 0 Å². The molecule has 0 radical (unpaired) electrons. The Morgan fingerprint density at radius 3 is 2.48 bits per heavy atom. The van der Waals surface area contributed by atoms with Crippen LogP contribution in [0.25, 0.3) is 0 Å². The van der Waals surface area contributed by atoms with E-state index >= 15 is 0 Å². The normalized spacial score (nSPS) is 12.7. The van der Waals surface area contributed by atoms with E-state index in [0.29, 0.717) is 12.6 Å². The van der Waals surface area contributed by atoms with Crippen molar-refractivity contribution < 1.29 is 4.74 Å². The molecule has 134 valence electrons. The molecule has 0 heterocycles. The Morgan fingerprint density at radius 2 is 1.76 bits per heavy atom. The minimum Gasteiger partial charge on any atom is -0.380 e. The monoisotopic (exact) mass is 339 g/mol. The zero-order valence-corrected chi connectivity index (χ0v) is 15.5. The largest absolute Gasteiger partial charge is 0.380 e. The quantitative estimate of drug-likeness (QED) is 0.571. The zero-order valence-electron chi connectivity index (χ0n) is 15.5. The lowest BCUT2D eigenvalue weighted by Gasteiger charge is -2.18. The second kappa shape index (κ2) is 10.5. The predicted octanol–water partition coefficient (Wildman–Crippen LogP) is 3.52. The van der Waals surface area contributed by atoms with Crippen molar-refractivity contribution in [3.63, 3.8) is 0 Å². The van der Waals surface area contributed by atoms with E-state index in [1.54, 1.807) is 14.2 Å². The number of rotatable bonds is 8. The van der Waals surface area contributed by atoms with Crippen LogP contribution in [-0.4, -0.2) is 26.2 Å². The van der Waals surface area contributed by atoms with Gasteiger partial charge >= 0.3 is 0 Å². The smallest absolute Gasteiger partial charge is 0.191 e. The SMILES string of the molecule is CN=C(NCc1cccc(COC)c1)NC(C)CCc1ccccc1. The Hall–Kier alpha value is -2.33. The average Bonchev–Trinajstić information content (AvgIpc) is 2.65. The summed E-state index contributed by atoms with van der Waals surface area (Å²) in [5.41, 5.74) is 3.77. The van der Waals surface area contributed by atoms with Crippen LogP contribution in [0.2, 0.25) is 0 Å². The van der Waals surface area contributed by atoms with Gasteiger partial charge in [-0.15, -0.1) is 0 Å². The van der Waals surface area contributed by atoms with Gasteiger partial charge in [0.05, 0.1) is 6.61 Å². The van der Waals surface area contributed by atoms with E-state index in [1.165, 1.54) is 16.7 Å². The van der Waals surface area contributed by atoms with Crippen molar-refractivity contribution in [1.82, 2.24) is 10.6 Å². The molecule has 4 heteroatoms. The molecule has 2 aromatic carbocycles. The highest BCUT2D eigenvalue weighted by molar-refractivity contribution is 5.79. The first-order valence-electron chi connectivity index (χ1n) is 8.79. The molecule has 1 atom stereocenters. The van der Waals surface area contributed by atoms with Crippen LogP contribution in [-0.2, 0) is 24.3 Å². The molecular weight excluding hydrogens is 310 g/mol. The van der Waals surface area contributed by atoms with Crippen molar-refractivity contribution in [3.8, 4) is 0 Å². The third kappa shape index (κ3) is 6.98. The molecule has 0 aliphatic carbocycles. The molecule has 2 aromatic rings. The lowest BCUT2D eigenvalue weighted by molar-refractivity contribution is 0.185. The highest BCUT2D eigenvalue weighted by Crippen LogP contribution is 2.07. The lowest BCUT2D eigenvalue weighted by atomic mass is 10.1. The molecule has 0 bridgehead atoms. The van der Waals surface area contributed by atoms with Crippen molar-refractivity contribution >= 4 is 5.96 Å². The van der Waals surface area contributed by atoms with Gasteiger partial charge in [0.2, 0.25) is 0 Å². The van der Waals surface area contributed by atoms with Crippen molar-refractivity contribution in [1.29, 1.82) is 0 Å². The van der Waals surface area contributed by atoms with Crippen LogP contribution in [0.1, 0.15) is 30.0 Å². The highest BCUT2D eigenvalue weighted by Gasteiger charge is 2.06. The summed E-state index contributed by atoms with van der Waals surface area (Å²) in [6.07, 6.45) is 2.12. The summed E-state index contributed by atoms with van der Waals surface area (Å²) in [5.74, 6) is 0.831. The molecule has 2 N–H and O–H groups in total. The molecule has 0 fully saturated rings. The number of hydrogen-bond donors (Lipinski definition) is 2. The lowest BCUT2D eigenvalue weighted by Crippen LogP contribution is -2.42. The number of aryl methyl sites for hydroxylation is 1. The van der Waals surface area contributed by atoms with Gasteiger partial charge in [0.25, 0.3) is 0 Å². The molecule has 0 aliphatic rings. The molecule has 0 aliphatic heterocycles. The van der Waals surface area contributed by atoms with Gasteiger partial charge in [0.15, 0.2) is 5.96 Å². The van der Waals surface area contributed by atoms with E-state index in [0.717, 1.165) is 25.3 Å².